The number of hydrogen-bond donors (Lipinski definition) is 0. The minimum Gasteiger partial charge on any atom is -0.445 e. The lowest BCUT2D eigenvalue weighted by atomic mass is 10.2. The second kappa shape index (κ2) is 6.37. The maximum absolute atomic E-state index is 5.83. The van der Waals surface area contributed by atoms with Gasteiger partial charge in [0.05, 0.1) is 19.3 Å². The van der Waals surface area contributed by atoms with Gasteiger partial charge >= 0.3 is 0 Å². The van der Waals surface area contributed by atoms with Crippen molar-refractivity contribution in [3.63, 3.8) is 0 Å². The fraction of sp³-hybridized carbons (Fsp3) is 0.444. The molecule has 6 heteroatoms. The summed E-state index contributed by atoms with van der Waals surface area (Å²) in [7, 11) is 2.13. The third kappa shape index (κ3) is 3.20. The number of aromatic nitrogens is 2. The molecule has 1 aliphatic rings. The van der Waals surface area contributed by atoms with Crippen molar-refractivity contribution in [2.45, 2.75) is 32.5 Å². The van der Waals surface area contributed by atoms with Crippen molar-refractivity contribution >= 4 is 11.1 Å². The van der Waals surface area contributed by atoms with Crippen LogP contribution in [-0.4, -0.2) is 45.9 Å². The van der Waals surface area contributed by atoms with Gasteiger partial charge in [0, 0.05) is 19.1 Å². The molecule has 0 amide bonds. The first-order chi connectivity index (χ1) is 11.7. The van der Waals surface area contributed by atoms with Crippen LogP contribution in [0, 0.1) is 6.92 Å². The van der Waals surface area contributed by atoms with E-state index in [1.165, 1.54) is 0 Å². The van der Waals surface area contributed by atoms with E-state index in [1.54, 1.807) is 6.20 Å². The number of fused-ring (bicyclic) bond motifs is 1. The highest BCUT2D eigenvalue weighted by Gasteiger charge is 2.27. The minimum atomic E-state index is 0.501. The molecular formula is C18H22N4O2. The Balaban J connectivity index is 1.35. The lowest BCUT2D eigenvalue weighted by molar-refractivity contribution is 0.200. The summed E-state index contributed by atoms with van der Waals surface area (Å²) in [6.07, 6.45) is 2.91. The molecule has 1 aromatic carbocycles. The van der Waals surface area contributed by atoms with Gasteiger partial charge in [-0.1, -0.05) is 12.1 Å². The maximum Gasteiger partial charge on any atom is 0.209 e. The Morgan fingerprint density at radius 3 is 2.92 bits per heavy atom. The van der Waals surface area contributed by atoms with Crippen molar-refractivity contribution in [3.05, 3.63) is 48.0 Å². The summed E-state index contributed by atoms with van der Waals surface area (Å²) in [5.74, 6) is 2.44. The van der Waals surface area contributed by atoms with Crippen LogP contribution in [0.1, 0.15) is 24.0 Å². The van der Waals surface area contributed by atoms with Crippen molar-refractivity contribution in [1.29, 1.82) is 0 Å². The van der Waals surface area contributed by atoms with E-state index in [0.717, 1.165) is 61.2 Å². The normalized spacial score (nSPS) is 18.9. The smallest absolute Gasteiger partial charge is 0.209 e. The molecule has 1 aliphatic heterocycles. The molecule has 3 aromatic rings. The zero-order valence-corrected chi connectivity index (χ0v) is 14.1. The largest absolute Gasteiger partial charge is 0.445 e. The first kappa shape index (κ1) is 15.4. The summed E-state index contributed by atoms with van der Waals surface area (Å²) in [5.41, 5.74) is 1.79. The minimum absolute atomic E-state index is 0.501. The van der Waals surface area contributed by atoms with Crippen LogP contribution in [0.2, 0.25) is 0 Å². The molecule has 6 nitrogen and oxygen atoms in total. The molecule has 126 valence electrons. The van der Waals surface area contributed by atoms with Crippen LogP contribution in [0.5, 0.6) is 0 Å². The highest BCUT2D eigenvalue weighted by Crippen LogP contribution is 2.21. The quantitative estimate of drug-likeness (QED) is 0.718. The molecule has 0 N–H and O–H groups in total. The Bertz CT molecular complexity index is 792. The predicted octanol–water partition coefficient (Wildman–Crippen LogP) is 2.83. The number of oxazole rings is 2. The molecule has 0 radical (unpaired) electrons. The van der Waals surface area contributed by atoms with Crippen LogP contribution in [0.25, 0.3) is 11.1 Å². The second-order valence-corrected chi connectivity index (χ2v) is 6.53. The number of aryl methyl sites for hydroxylation is 1. The van der Waals surface area contributed by atoms with E-state index in [0.29, 0.717) is 6.04 Å². The molecule has 1 atom stereocenters. The third-order valence-electron chi connectivity index (χ3n) is 4.62. The number of benzene rings is 1. The summed E-state index contributed by atoms with van der Waals surface area (Å²) in [6, 6.07) is 8.41. The van der Waals surface area contributed by atoms with Crippen LogP contribution in [0.4, 0.5) is 0 Å². The van der Waals surface area contributed by atoms with Gasteiger partial charge in [0.1, 0.15) is 11.3 Å². The van der Waals surface area contributed by atoms with Crippen molar-refractivity contribution in [1.82, 2.24) is 19.8 Å². The van der Waals surface area contributed by atoms with E-state index < -0.39 is 0 Å². The number of para-hydroxylation sites is 2. The van der Waals surface area contributed by atoms with Crippen LogP contribution in [0.15, 0.2) is 39.3 Å². The van der Waals surface area contributed by atoms with E-state index in [1.807, 2.05) is 31.2 Å². The molecule has 0 spiro atoms. The van der Waals surface area contributed by atoms with Gasteiger partial charge in [-0.15, -0.1) is 0 Å². The van der Waals surface area contributed by atoms with Gasteiger partial charge in [-0.05, 0) is 32.5 Å². The summed E-state index contributed by atoms with van der Waals surface area (Å²) < 4.78 is 11.4. The van der Waals surface area contributed by atoms with Crippen molar-refractivity contribution in [2.75, 3.05) is 20.1 Å². The second-order valence-electron chi connectivity index (χ2n) is 6.53. The fourth-order valence-electron chi connectivity index (χ4n) is 3.31. The van der Waals surface area contributed by atoms with E-state index >= 15 is 0 Å². The molecule has 0 saturated carbocycles. The third-order valence-corrected chi connectivity index (χ3v) is 4.62. The average Bonchev–Trinajstić information content (AvgIpc) is 3.27. The Labute approximate surface area is 141 Å². The highest BCUT2D eigenvalue weighted by atomic mass is 16.4. The molecular weight excluding hydrogens is 304 g/mol. The molecule has 1 fully saturated rings. The molecule has 0 aliphatic carbocycles. The van der Waals surface area contributed by atoms with Gasteiger partial charge in [-0.2, -0.15) is 0 Å². The number of likely N-dealkylation sites (tertiary alicyclic amines) is 1. The number of likely N-dealkylation sites (N-methyl/N-ethyl adjacent to an activating group) is 1. The summed E-state index contributed by atoms with van der Waals surface area (Å²) in [4.78, 5) is 13.6. The van der Waals surface area contributed by atoms with Crippen LogP contribution < -0.4 is 0 Å². The monoisotopic (exact) mass is 326 g/mol. The lowest BCUT2D eigenvalue weighted by Gasteiger charge is -2.23. The van der Waals surface area contributed by atoms with E-state index in [4.69, 9.17) is 8.83 Å². The summed E-state index contributed by atoms with van der Waals surface area (Å²) in [6.45, 7) is 5.49. The lowest BCUT2D eigenvalue weighted by Crippen LogP contribution is -2.34. The van der Waals surface area contributed by atoms with E-state index in [9.17, 15) is 0 Å². The first-order valence-electron chi connectivity index (χ1n) is 8.36. The standard InChI is InChI=1S/C18H22N4O2/c1-13-9-19-17(23-13)11-21(2)14-7-8-22(10-14)12-18-20-15-5-3-4-6-16(15)24-18/h3-6,9,14H,7-8,10-12H2,1-2H3/t14-/m1/s1. The van der Waals surface area contributed by atoms with Gasteiger partial charge in [0.25, 0.3) is 0 Å². The molecule has 4 rings (SSSR count). The van der Waals surface area contributed by atoms with Gasteiger partial charge in [0.15, 0.2) is 5.58 Å². The van der Waals surface area contributed by atoms with Crippen molar-refractivity contribution < 1.29 is 8.83 Å². The van der Waals surface area contributed by atoms with Gasteiger partial charge in [-0.25, -0.2) is 9.97 Å². The Kier molecular flexibility index (Phi) is 4.08. The predicted molar refractivity (Wildman–Crippen MR) is 90.4 cm³/mol. The van der Waals surface area contributed by atoms with Crippen molar-refractivity contribution in [2.24, 2.45) is 0 Å². The first-order valence-corrected chi connectivity index (χ1v) is 8.36. The molecule has 24 heavy (non-hydrogen) atoms. The molecule has 1 saturated heterocycles. The molecule has 3 heterocycles. The van der Waals surface area contributed by atoms with E-state index in [-0.39, 0.29) is 0 Å². The van der Waals surface area contributed by atoms with Gasteiger partial charge in [0.2, 0.25) is 11.8 Å². The topological polar surface area (TPSA) is 58.5 Å². The summed E-state index contributed by atoms with van der Waals surface area (Å²) >= 11 is 0. The molecule has 2 aromatic heterocycles. The number of rotatable bonds is 5. The average molecular weight is 326 g/mol. The maximum atomic E-state index is 5.83. The number of hydrogen-bond acceptors (Lipinski definition) is 6. The Morgan fingerprint density at radius 1 is 1.25 bits per heavy atom. The van der Waals surface area contributed by atoms with Crippen molar-refractivity contribution in [3.8, 4) is 0 Å². The van der Waals surface area contributed by atoms with Crippen LogP contribution in [0.3, 0.4) is 0 Å². The zero-order chi connectivity index (χ0) is 16.5. The SMILES string of the molecule is Cc1cnc(CN(C)[C@@H]2CCN(Cc3nc4ccccc4o3)C2)o1. The number of nitrogens with zero attached hydrogens (tertiary/aromatic N) is 4. The highest BCUT2D eigenvalue weighted by molar-refractivity contribution is 5.72. The van der Waals surface area contributed by atoms with Gasteiger partial charge < -0.3 is 8.83 Å². The Hall–Kier alpha value is -2.18. The summed E-state index contributed by atoms with van der Waals surface area (Å²) in [5, 5.41) is 0. The molecule has 0 unspecified atom stereocenters. The van der Waals surface area contributed by atoms with Crippen LogP contribution in [-0.2, 0) is 13.1 Å². The Morgan fingerprint density at radius 2 is 2.12 bits per heavy atom. The molecule has 0 bridgehead atoms. The zero-order valence-electron chi connectivity index (χ0n) is 14.1. The fourth-order valence-corrected chi connectivity index (χ4v) is 3.31. The van der Waals surface area contributed by atoms with Gasteiger partial charge in [-0.3, -0.25) is 9.80 Å². The van der Waals surface area contributed by atoms with Crippen LogP contribution >= 0.6 is 0 Å². The van der Waals surface area contributed by atoms with E-state index in [2.05, 4.69) is 26.8 Å².